The summed E-state index contributed by atoms with van der Waals surface area (Å²) in [5.74, 6) is -0.519. The summed E-state index contributed by atoms with van der Waals surface area (Å²) in [5.41, 5.74) is 6.38. The van der Waals surface area contributed by atoms with Crippen molar-refractivity contribution in [2.45, 2.75) is 70.2 Å². The van der Waals surface area contributed by atoms with E-state index in [4.69, 9.17) is 5.73 Å². The van der Waals surface area contributed by atoms with E-state index < -0.39 is 18.3 Å². The van der Waals surface area contributed by atoms with Gasteiger partial charge in [0.15, 0.2) is 0 Å². The number of hydrogen-bond donors (Lipinski definition) is 4. The van der Waals surface area contributed by atoms with Crippen LogP contribution >= 0.6 is 11.3 Å². The molecule has 1 aliphatic rings. The van der Waals surface area contributed by atoms with Gasteiger partial charge in [0, 0.05) is 23.6 Å². The van der Waals surface area contributed by atoms with E-state index in [0.717, 1.165) is 19.3 Å². The average molecular weight is 408 g/mol. The van der Waals surface area contributed by atoms with E-state index in [1.807, 2.05) is 18.2 Å². The smallest absolute Gasteiger partial charge is 0.217 e. The van der Waals surface area contributed by atoms with E-state index in [-0.39, 0.29) is 17.7 Å². The van der Waals surface area contributed by atoms with Gasteiger partial charge in [-0.2, -0.15) is 0 Å². The van der Waals surface area contributed by atoms with Crippen LogP contribution in [0.25, 0.3) is 0 Å². The summed E-state index contributed by atoms with van der Waals surface area (Å²) in [5, 5.41) is 32.9. The molecule has 1 fully saturated rings. The Morgan fingerprint density at radius 2 is 2.14 bits per heavy atom. The van der Waals surface area contributed by atoms with E-state index in [9.17, 15) is 20.1 Å². The van der Waals surface area contributed by atoms with E-state index >= 15 is 0 Å². The standard InChI is InChI=1S/C22H33NO4S/c1-15-12-13-28-21(15)11-9-16(24)8-10-18-17(19(25)14-20(18)26)6-4-2-3-5-7-22(23)27/h2,4,8,10,12-13,16-20,24-26H,3,5-7,9,11,14H2,1H3,(H2,23,27)/b4-2-,10-8+/t16?,17-,18-,19?,20?/m1/s1. The van der Waals surface area contributed by atoms with Crippen molar-refractivity contribution in [1.82, 2.24) is 0 Å². The van der Waals surface area contributed by atoms with Crippen LogP contribution in [0.2, 0.25) is 0 Å². The minimum Gasteiger partial charge on any atom is -0.393 e. The van der Waals surface area contributed by atoms with Gasteiger partial charge in [0.25, 0.3) is 0 Å². The fourth-order valence-corrected chi connectivity index (χ4v) is 4.69. The van der Waals surface area contributed by atoms with Crippen LogP contribution in [-0.4, -0.2) is 39.5 Å². The lowest BCUT2D eigenvalue weighted by molar-refractivity contribution is -0.118. The van der Waals surface area contributed by atoms with Crippen molar-refractivity contribution in [1.29, 1.82) is 0 Å². The topological polar surface area (TPSA) is 104 Å². The number of nitrogens with two attached hydrogens (primary N) is 1. The van der Waals surface area contributed by atoms with Gasteiger partial charge >= 0.3 is 0 Å². The number of aliphatic hydroxyl groups excluding tert-OH is 3. The predicted molar refractivity (Wildman–Crippen MR) is 113 cm³/mol. The number of primary amides is 1. The Kier molecular flexibility index (Phi) is 9.38. The predicted octanol–water partition coefficient (Wildman–Crippen LogP) is 2.87. The molecule has 2 rings (SSSR count). The Labute approximate surface area is 171 Å². The lowest BCUT2D eigenvalue weighted by Gasteiger charge is -2.19. The molecule has 3 unspecified atom stereocenters. The molecule has 0 aromatic carbocycles. The first kappa shape index (κ1) is 22.8. The van der Waals surface area contributed by atoms with Crippen molar-refractivity contribution >= 4 is 17.2 Å². The number of carbonyl (C=O) groups is 1. The quantitative estimate of drug-likeness (QED) is 0.334. The van der Waals surface area contributed by atoms with Gasteiger partial charge in [-0.15, -0.1) is 11.3 Å². The Balaban J connectivity index is 1.82. The molecule has 6 heteroatoms. The van der Waals surface area contributed by atoms with Crippen LogP contribution in [0.15, 0.2) is 35.8 Å². The highest BCUT2D eigenvalue weighted by atomic mass is 32.1. The van der Waals surface area contributed by atoms with Crippen LogP contribution < -0.4 is 5.73 Å². The molecule has 1 aromatic heterocycles. The molecular weight excluding hydrogens is 374 g/mol. The number of carbonyl (C=O) groups excluding carboxylic acids is 1. The second-order valence-corrected chi connectivity index (χ2v) is 8.70. The van der Waals surface area contributed by atoms with E-state index in [0.29, 0.717) is 25.7 Å². The molecule has 0 radical (unpaired) electrons. The second-order valence-electron chi connectivity index (χ2n) is 7.69. The molecule has 28 heavy (non-hydrogen) atoms. The van der Waals surface area contributed by atoms with Crippen LogP contribution in [0.5, 0.6) is 0 Å². The second kappa shape index (κ2) is 11.5. The van der Waals surface area contributed by atoms with E-state index in [1.165, 1.54) is 10.4 Å². The van der Waals surface area contributed by atoms with Gasteiger partial charge in [-0.1, -0.05) is 24.3 Å². The fraction of sp³-hybridized carbons (Fsp3) is 0.591. The molecular formula is C22H33NO4S. The first-order chi connectivity index (χ1) is 13.4. The van der Waals surface area contributed by atoms with Crippen LogP contribution in [0.3, 0.4) is 0 Å². The minimum absolute atomic E-state index is 0.0645. The zero-order chi connectivity index (χ0) is 20.5. The third-order valence-corrected chi connectivity index (χ3v) is 6.56. The highest BCUT2D eigenvalue weighted by Gasteiger charge is 2.39. The van der Waals surface area contributed by atoms with Crippen LogP contribution in [0.1, 0.15) is 49.0 Å². The summed E-state index contributed by atoms with van der Waals surface area (Å²) in [6.07, 6.45) is 10.3. The Bertz CT molecular complexity index is 669. The highest BCUT2D eigenvalue weighted by Crippen LogP contribution is 2.36. The number of rotatable bonds is 11. The SMILES string of the molecule is Cc1ccsc1CCC(O)/C=C/[C@H]1C(O)CC(O)[C@@H]1C/C=C\CCCC(N)=O. The molecule has 0 bridgehead atoms. The number of aliphatic hydroxyl groups is 3. The van der Waals surface area contributed by atoms with Gasteiger partial charge in [0.1, 0.15) is 0 Å². The van der Waals surface area contributed by atoms with Crippen molar-refractivity contribution in [3.05, 3.63) is 46.2 Å². The van der Waals surface area contributed by atoms with Crippen LogP contribution in [0.4, 0.5) is 0 Å². The molecule has 156 valence electrons. The lowest BCUT2D eigenvalue weighted by atomic mass is 9.89. The monoisotopic (exact) mass is 407 g/mol. The largest absolute Gasteiger partial charge is 0.393 e. The first-order valence-electron chi connectivity index (χ1n) is 10.1. The van der Waals surface area contributed by atoms with Crippen molar-refractivity contribution in [2.75, 3.05) is 0 Å². The molecule has 5 atom stereocenters. The number of amides is 1. The van der Waals surface area contributed by atoms with Gasteiger partial charge in [-0.05, 0) is 62.0 Å². The zero-order valence-electron chi connectivity index (χ0n) is 16.5. The molecule has 1 aromatic rings. The third-order valence-electron chi connectivity index (χ3n) is 5.48. The van der Waals surface area contributed by atoms with Crippen molar-refractivity contribution in [3.63, 3.8) is 0 Å². The zero-order valence-corrected chi connectivity index (χ0v) is 17.4. The summed E-state index contributed by atoms with van der Waals surface area (Å²) in [4.78, 5) is 12.0. The Hall–Kier alpha value is -1.47. The maximum atomic E-state index is 10.7. The Morgan fingerprint density at radius 1 is 1.36 bits per heavy atom. The van der Waals surface area contributed by atoms with Gasteiger partial charge in [0.05, 0.1) is 18.3 Å². The normalized spacial score (nSPS) is 26.4. The molecule has 0 saturated heterocycles. The van der Waals surface area contributed by atoms with Crippen molar-refractivity contribution in [2.24, 2.45) is 17.6 Å². The average Bonchev–Trinajstić information content (AvgIpc) is 3.16. The molecule has 1 amide bonds. The van der Waals surface area contributed by atoms with E-state index in [1.54, 1.807) is 17.4 Å². The summed E-state index contributed by atoms with van der Waals surface area (Å²) in [6, 6.07) is 2.09. The van der Waals surface area contributed by atoms with Gasteiger partial charge in [0.2, 0.25) is 5.91 Å². The molecule has 1 aliphatic carbocycles. The number of allylic oxidation sites excluding steroid dienone is 2. The van der Waals surface area contributed by atoms with Crippen molar-refractivity contribution < 1.29 is 20.1 Å². The number of thiophene rings is 1. The van der Waals surface area contributed by atoms with Crippen LogP contribution in [-0.2, 0) is 11.2 Å². The van der Waals surface area contributed by atoms with Crippen LogP contribution in [0, 0.1) is 18.8 Å². The lowest BCUT2D eigenvalue weighted by Crippen LogP contribution is -2.20. The molecule has 0 spiro atoms. The first-order valence-corrected chi connectivity index (χ1v) is 10.9. The fourth-order valence-electron chi connectivity index (χ4n) is 3.76. The highest BCUT2D eigenvalue weighted by molar-refractivity contribution is 7.10. The number of aryl methyl sites for hydroxylation is 2. The number of hydrogen-bond acceptors (Lipinski definition) is 5. The summed E-state index contributed by atoms with van der Waals surface area (Å²) in [7, 11) is 0. The summed E-state index contributed by atoms with van der Waals surface area (Å²) in [6.45, 7) is 2.08. The Morgan fingerprint density at radius 3 is 2.82 bits per heavy atom. The van der Waals surface area contributed by atoms with Crippen molar-refractivity contribution in [3.8, 4) is 0 Å². The molecule has 5 nitrogen and oxygen atoms in total. The maximum Gasteiger partial charge on any atom is 0.217 e. The molecule has 5 N–H and O–H groups in total. The van der Waals surface area contributed by atoms with Gasteiger partial charge < -0.3 is 21.1 Å². The summed E-state index contributed by atoms with van der Waals surface area (Å²) < 4.78 is 0. The van der Waals surface area contributed by atoms with E-state index in [2.05, 4.69) is 18.4 Å². The number of unbranched alkanes of at least 4 members (excludes halogenated alkanes) is 1. The summed E-state index contributed by atoms with van der Waals surface area (Å²) >= 11 is 1.71. The third kappa shape index (κ3) is 7.17. The minimum atomic E-state index is -0.591. The molecule has 1 heterocycles. The molecule has 0 aliphatic heterocycles. The van der Waals surface area contributed by atoms with Gasteiger partial charge in [-0.25, -0.2) is 0 Å². The maximum absolute atomic E-state index is 10.7. The van der Waals surface area contributed by atoms with Gasteiger partial charge in [-0.3, -0.25) is 4.79 Å². The molecule has 1 saturated carbocycles.